The van der Waals surface area contributed by atoms with Crippen LogP contribution in [0.5, 0.6) is 0 Å². The standard InChI is InChI=1S/C20H28N2O6S2/c1-2-27-10-8-20(6-3-7-20)16(23)5-4-14-12-28-19(26)22(14)9-11-29-18-21-15(13-30-18)17(24)25/h4-5,13-14,16,23H,2-3,6-12H2,1H3,(H,24,25). The van der Waals surface area contributed by atoms with Gasteiger partial charge >= 0.3 is 12.1 Å². The van der Waals surface area contributed by atoms with Gasteiger partial charge in [-0.1, -0.05) is 30.3 Å². The molecule has 1 aromatic heterocycles. The van der Waals surface area contributed by atoms with Gasteiger partial charge in [0.1, 0.15) is 6.61 Å². The Morgan fingerprint density at radius 2 is 2.37 bits per heavy atom. The summed E-state index contributed by atoms with van der Waals surface area (Å²) in [6.07, 6.45) is 6.65. The number of thioether (sulfide) groups is 1. The van der Waals surface area contributed by atoms with E-state index in [-0.39, 0.29) is 29.9 Å². The largest absolute Gasteiger partial charge is 0.476 e. The molecule has 2 N–H and O–H groups in total. The molecule has 2 heterocycles. The average molecular weight is 457 g/mol. The summed E-state index contributed by atoms with van der Waals surface area (Å²) in [5, 5.41) is 21.2. The summed E-state index contributed by atoms with van der Waals surface area (Å²) in [6.45, 7) is 4.00. The molecule has 1 saturated carbocycles. The maximum Gasteiger partial charge on any atom is 0.410 e. The smallest absolute Gasteiger partial charge is 0.410 e. The summed E-state index contributed by atoms with van der Waals surface area (Å²) < 4.78 is 11.3. The molecule has 0 spiro atoms. The van der Waals surface area contributed by atoms with Crippen LogP contribution in [0.25, 0.3) is 0 Å². The Kier molecular flexibility index (Phi) is 8.15. The maximum atomic E-state index is 12.1. The Morgan fingerprint density at radius 1 is 1.57 bits per heavy atom. The van der Waals surface area contributed by atoms with E-state index in [4.69, 9.17) is 14.6 Å². The van der Waals surface area contributed by atoms with E-state index >= 15 is 0 Å². The van der Waals surface area contributed by atoms with Gasteiger partial charge in [-0.05, 0) is 26.2 Å². The van der Waals surface area contributed by atoms with Crippen LogP contribution in [0.4, 0.5) is 4.79 Å². The Balaban J connectivity index is 1.51. The van der Waals surface area contributed by atoms with Crippen molar-refractivity contribution >= 4 is 35.2 Å². The molecule has 2 fully saturated rings. The third-order valence-electron chi connectivity index (χ3n) is 5.71. The average Bonchev–Trinajstić information content (AvgIpc) is 3.30. The van der Waals surface area contributed by atoms with E-state index in [0.29, 0.717) is 29.9 Å². The van der Waals surface area contributed by atoms with Crippen LogP contribution in [0.15, 0.2) is 21.9 Å². The lowest BCUT2D eigenvalue weighted by atomic mass is 9.63. The maximum absolute atomic E-state index is 12.1. The van der Waals surface area contributed by atoms with Gasteiger partial charge in [-0.15, -0.1) is 11.3 Å². The first-order valence-corrected chi connectivity index (χ1v) is 12.0. The first-order chi connectivity index (χ1) is 14.4. The van der Waals surface area contributed by atoms with Crippen molar-refractivity contribution in [3.05, 3.63) is 23.2 Å². The number of amides is 1. The number of hydrogen-bond acceptors (Lipinski definition) is 8. The third-order valence-corrected chi connectivity index (χ3v) is 7.71. The first kappa shape index (κ1) is 23.1. The number of rotatable bonds is 12. The zero-order valence-electron chi connectivity index (χ0n) is 17.0. The van der Waals surface area contributed by atoms with E-state index in [2.05, 4.69) is 4.98 Å². The lowest BCUT2D eigenvalue weighted by Crippen LogP contribution is -2.42. The molecule has 8 nitrogen and oxygen atoms in total. The van der Waals surface area contributed by atoms with Gasteiger partial charge in [0.25, 0.3) is 0 Å². The number of aromatic nitrogens is 1. The van der Waals surface area contributed by atoms with Crippen molar-refractivity contribution in [3.8, 4) is 0 Å². The molecule has 3 rings (SSSR count). The summed E-state index contributed by atoms with van der Waals surface area (Å²) >= 11 is 2.68. The van der Waals surface area contributed by atoms with Crippen LogP contribution in [0.2, 0.25) is 0 Å². The molecule has 0 bridgehead atoms. The van der Waals surface area contributed by atoms with E-state index < -0.39 is 12.1 Å². The molecule has 2 aliphatic rings. The van der Waals surface area contributed by atoms with E-state index in [1.165, 1.54) is 28.5 Å². The van der Waals surface area contributed by atoms with Crippen LogP contribution in [-0.4, -0.2) is 76.4 Å². The third kappa shape index (κ3) is 5.54. The number of aliphatic hydroxyl groups is 1. The molecule has 2 unspecified atom stereocenters. The van der Waals surface area contributed by atoms with Gasteiger partial charge in [-0.3, -0.25) is 4.90 Å². The quantitative estimate of drug-likeness (QED) is 0.280. The van der Waals surface area contributed by atoms with Crippen molar-refractivity contribution in [1.82, 2.24) is 9.88 Å². The van der Waals surface area contributed by atoms with Crippen LogP contribution in [0, 0.1) is 5.41 Å². The Bertz CT molecular complexity index is 764. The second-order valence-corrected chi connectivity index (χ2v) is 9.68. The SMILES string of the molecule is CCOCCC1(C(O)C=CC2COC(=O)N2CCSc2nc(C(=O)O)cs2)CCC1. The van der Waals surface area contributed by atoms with E-state index in [0.717, 1.165) is 25.7 Å². The van der Waals surface area contributed by atoms with Crippen molar-refractivity contribution in [2.24, 2.45) is 5.41 Å². The Morgan fingerprint density at radius 3 is 3.00 bits per heavy atom. The number of aromatic carboxylic acids is 1. The van der Waals surface area contributed by atoms with E-state index in [1.54, 1.807) is 11.0 Å². The Labute approximate surface area is 184 Å². The number of ether oxygens (including phenoxy) is 2. The fraction of sp³-hybridized carbons (Fsp3) is 0.650. The highest BCUT2D eigenvalue weighted by atomic mass is 32.2. The predicted molar refractivity (Wildman–Crippen MR) is 114 cm³/mol. The molecule has 30 heavy (non-hydrogen) atoms. The molecular formula is C20H28N2O6S2. The highest BCUT2D eigenvalue weighted by molar-refractivity contribution is 8.01. The topological polar surface area (TPSA) is 109 Å². The zero-order chi connectivity index (χ0) is 21.6. The lowest BCUT2D eigenvalue weighted by molar-refractivity contribution is -0.0327. The van der Waals surface area contributed by atoms with Gasteiger partial charge in [0, 0.05) is 36.3 Å². The molecule has 1 aromatic rings. The molecule has 166 valence electrons. The summed E-state index contributed by atoms with van der Waals surface area (Å²) in [5.41, 5.74) is -0.0881. The van der Waals surface area contributed by atoms with Crippen molar-refractivity contribution < 1.29 is 29.3 Å². The van der Waals surface area contributed by atoms with Crippen molar-refractivity contribution in [3.63, 3.8) is 0 Å². The molecule has 1 aliphatic heterocycles. The first-order valence-electron chi connectivity index (χ1n) is 10.1. The number of carboxylic acids is 1. The molecule has 1 saturated heterocycles. The van der Waals surface area contributed by atoms with Crippen LogP contribution in [0.1, 0.15) is 43.1 Å². The van der Waals surface area contributed by atoms with Gasteiger partial charge in [-0.2, -0.15) is 0 Å². The van der Waals surface area contributed by atoms with Gasteiger partial charge in [0.2, 0.25) is 0 Å². The molecule has 0 radical (unpaired) electrons. The van der Waals surface area contributed by atoms with E-state index in [1.807, 2.05) is 13.0 Å². The van der Waals surface area contributed by atoms with Gasteiger partial charge in [-0.25, -0.2) is 14.6 Å². The number of carbonyl (C=O) groups is 2. The van der Waals surface area contributed by atoms with Crippen molar-refractivity contribution in [2.45, 2.75) is 49.1 Å². The minimum atomic E-state index is -1.05. The molecule has 0 aromatic carbocycles. The fourth-order valence-corrected chi connectivity index (χ4v) is 5.53. The van der Waals surface area contributed by atoms with Gasteiger partial charge in [0.15, 0.2) is 10.0 Å². The lowest BCUT2D eigenvalue weighted by Gasteiger charge is -2.44. The minimum absolute atomic E-state index is 0.0344. The number of carboxylic acid groups (broad SMARTS) is 1. The van der Waals surface area contributed by atoms with Crippen molar-refractivity contribution in [1.29, 1.82) is 0 Å². The van der Waals surface area contributed by atoms with Gasteiger partial charge < -0.3 is 19.7 Å². The monoisotopic (exact) mass is 456 g/mol. The summed E-state index contributed by atoms with van der Waals surface area (Å²) in [7, 11) is 0. The molecule has 1 amide bonds. The fourth-order valence-electron chi connectivity index (χ4n) is 3.72. The summed E-state index contributed by atoms with van der Waals surface area (Å²) in [6, 6.07) is -0.220. The zero-order valence-corrected chi connectivity index (χ0v) is 18.6. The van der Waals surface area contributed by atoms with Crippen LogP contribution in [-0.2, 0) is 9.47 Å². The van der Waals surface area contributed by atoms with Crippen LogP contribution in [0.3, 0.4) is 0 Å². The second-order valence-electron chi connectivity index (χ2n) is 7.48. The second kappa shape index (κ2) is 10.6. The predicted octanol–water partition coefficient (Wildman–Crippen LogP) is 3.27. The van der Waals surface area contributed by atoms with Crippen LogP contribution >= 0.6 is 23.1 Å². The normalized spacial score (nSPS) is 21.6. The van der Waals surface area contributed by atoms with Crippen LogP contribution < -0.4 is 0 Å². The highest BCUT2D eigenvalue weighted by Gasteiger charge is 2.42. The number of hydrogen-bond donors (Lipinski definition) is 2. The van der Waals surface area contributed by atoms with Crippen molar-refractivity contribution in [2.75, 3.05) is 32.1 Å². The minimum Gasteiger partial charge on any atom is -0.476 e. The highest BCUT2D eigenvalue weighted by Crippen LogP contribution is 2.47. The van der Waals surface area contributed by atoms with E-state index in [9.17, 15) is 14.7 Å². The Hall–Kier alpha value is -1.62. The summed E-state index contributed by atoms with van der Waals surface area (Å²) in [4.78, 5) is 28.7. The number of cyclic esters (lactones) is 1. The molecule has 10 heteroatoms. The molecule has 1 aliphatic carbocycles. The number of carbonyl (C=O) groups excluding carboxylic acids is 1. The van der Waals surface area contributed by atoms with Gasteiger partial charge in [0.05, 0.1) is 12.1 Å². The molecular weight excluding hydrogens is 428 g/mol. The summed E-state index contributed by atoms with van der Waals surface area (Å²) in [5.74, 6) is -0.470. The number of aliphatic hydroxyl groups excluding tert-OH is 1. The molecule has 2 atom stereocenters. The number of nitrogens with zero attached hydrogens (tertiary/aromatic N) is 2. The number of thiazole rings is 1.